The van der Waals surface area contributed by atoms with Gasteiger partial charge < -0.3 is 0 Å². The van der Waals surface area contributed by atoms with Gasteiger partial charge in [-0.25, -0.2) is 8.78 Å². The van der Waals surface area contributed by atoms with Crippen molar-refractivity contribution in [2.24, 2.45) is 4.99 Å². The molecule has 0 aliphatic heterocycles. The fourth-order valence-corrected chi connectivity index (χ4v) is 0.673. The Labute approximate surface area is 82.8 Å². The molecule has 3 heteroatoms. The summed E-state index contributed by atoms with van der Waals surface area (Å²) in [6.07, 6.45) is 3.47. The highest BCUT2D eigenvalue weighted by Gasteiger charge is 1.95. The molecule has 0 heterocycles. The number of benzene rings is 1. The van der Waals surface area contributed by atoms with Gasteiger partial charge in [-0.05, 0) is 32.2 Å². The third-order valence-corrected chi connectivity index (χ3v) is 1.39. The van der Waals surface area contributed by atoms with Crippen LogP contribution in [0, 0.1) is 18.6 Å². The maximum absolute atomic E-state index is 12.3. The van der Waals surface area contributed by atoms with E-state index >= 15 is 0 Å². The van der Waals surface area contributed by atoms with Crippen molar-refractivity contribution in [2.75, 3.05) is 0 Å². The van der Waals surface area contributed by atoms with Gasteiger partial charge in [0.25, 0.3) is 0 Å². The van der Waals surface area contributed by atoms with Crippen molar-refractivity contribution in [3.05, 3.63) is 47.7 Å². The zero-order valence-corrected chi connectivity index (χ0v) is 8.30. The number of hydrogen-bond acceptors (Lipinski definition) is 1. The smallest absolute Gasteiger partial charge is 0.129 e. The summed E-state index contributed by atoms with van der Waals surface area (Å²) < 4.78 is 24.4. The lowest BCUT2D eigenvalue weighted by Gasteiger charge is -1.92. The Morgan fingerprint density at radius 2 is 2.00 bits per heavy atom. The van der Waals surface area contributed by atoms with Crippen LogP contribution in [-0.2, 0) is 0 Å². The summed E-state index contributed by atoms with van der Waals surface area (Å²) in [5.74, 6) is -1.02. The van der Waals surface area contributed by atoms with Crippen molar-refractivity contribution in [1.29, 1.82) is 0 Å². The molecule has 0 radical (unpaired) electrons. The van der Waals surface area contributed by atoms with Crippen LogP contribution in [0.2, 0.25) is 0 Å². The van der Waals surface area contributed by atoms with Crippen LogP contribution in [0.4, 0.5) is 8.78 Å². The fraction of sp³-hybridized carbons (Fsp3) is 0.182. The average Bonchev–Trinajstić information content (AvgIpc) is 2.14. The second-order valence-corrected chi connectivity index (χ2v) is 2.56. The van der Waals surface area contributed by atoms with Crippen LogP contribution in [0.1, 0.15) is 12.5 Å². The fourth-order valence-electron chi connectivity index (χ4n) is 0.673. The maximum atomic E-state index is 12.3. The van der Waals surface area contributed by atoms with Crippen LogP contribution in [0.3, 0.4) is 0 Å². The summed E-state index contributed by atoms with van der Waals surface area (Å²) >= 11 is 0. The third kappa shape index (κ3) is 5.19. The first-order chi connectivity index (χ1) is 6.61. The molecule has 0 aliphatic rings. The predicted molar refractivity (Wildman–Crippen MR) is 55.5 cm³/mol. The van der Waals surface area contributed by atoms with Gasteiger partial charge in [-0.2, -0.15) is 0 Å². The molecule has 0 saturated heterocycles. The molecule has 0 saturated carbocycles. The number of halogens is 2. The Kier molecular flexibility index (Phi) is 6.20. The van der Waals surface area contributed by atoms with E-state index < -0.39 is 11.6 Å². The molecular formula is C11H13F2N. The monoisotopic (exact) mass is 197 g/mol. The Bertz CT molecular complexity index is 319. The highest BCUT2D eigenvalue weighted by molar-refractivity contribution is 5.25. The van der Waals surface area contributed by atoms with Crippen molar-refractivity contribution in [3.63, 3.8) is 0 Å². The van der Waals surface area contributed by atoms with Gasteiger partial charge in [-0.3, -0.25) is 4.99 Å². The van der Waals surface area contributed by atoms with Crippen LogP contribution in [0.15, 0.2) is 35.5 Å². The van der Waals surface area contributed by atoms with Gasteiger partial charge in [0.05, 0.1) is 0 Å². The molecule has 0 aliphatic carbocycles. The molecule has 0 amide bonds. The third-order valence-electron chi connectivity index (χ3n) is 1.39. The first-order valence-electron chi connectivity index (χ1n) is 4.10. The van der Waals surface area contributed by atoms with E-state index in [1.54, 1.807) is 13.1 Å². The van der Waals surface area contributed by atoms with Gasteiger partial charge in [0.2, 0.25) is 0 Å². The largest absolute Gasteiger partial charge is 0.273 e. The Hall–Kier alpha value is -1.51. The summed E-state index contributed by atoms with van der Waals surface area (Å²) in [7, 11) is 0. The molecule has 0 N–H and O–H groups in total. The topological polar surface area (TPSA) is 12.4 Å². The van der Waals surface area contributed by atoms with Gasteiger partial charge in [0, 0.05) is 12.3 Å². The minimum atomic E-state index is -0.530. The van der Waals surface area contributed by atoms with Crippen LogP contribution in [0.25, 0.3) is 0 Å². The lowest BCUT2D eigenvalue weighted by atomic mass is 10.2. The van der Waals surface area contributed by atoms with E-state index in [4.69, 9.17) is 0 Å². The van der Waals surface area contributed by atoms with Crippen LogP contribution in [0.5, 0.6) is 0 Å². The number of allylic oxidation sites excluding steroid dienone is 1. The number of aryl methyl sites for hydroxylation is 1. The minimum absolute atomic E-state index is 0.469. The Morgan fingerprint density at radius 1 is 1.36 bits per heavy atom. The number of aliphatic imine (C=N–C) groups is 1. The second-order valence-electron chi connectivity index (χ2n) is 2.56. The number of hydrogen-bond donors (Lipinski definition) is 0. The van der Waals surface area contributed by atoms with Crippen molar-refractivity contribution in [2.45, 2.75) is 13.8 Å². The highest BCUT2D eigenvalue weighted by Crippen LogP contribution is 2.06. The van der Waals surface area contributed by atoms with E-state index in [2.05, 4.69) is 11.7 Å². The lowest BCUT2D eigenvalue weighted by molar-refractivity contribution is 0.577. The molecule has 1 aromatic rings. The van der Waals surface area contributed by atoms with Crippen molar-refractivity contribution >= 4 is 6.72 Å². The van der Waals surface area contributed by atoms with Crippen molar-refractivity contribution in [3.8, 4) is 0 Å². The number of rotatable bonds is 1. The normalized spacial score (nSPS) is 9.43. The van der Waals surface area contributed by atoms with Crippen molar-refractivity contribution in [1.82, 2.24) is 0 Å². The summed E-state index contributed by atoms with van der Waals surface area (Å²) in [4.78, 5) is 3.42. The van der Waals surface area contributed by atoms with Crippen molar-refractivity contribution < 1.29 is 8.78 Å². The zero-order valence-electron chi connectivity index (χ0n) is 8.30. The molecule has 1 aromatic carbocycles. The highest BCUT2D eigenvalue weighted by atomic mass is 19.1. The quantitative estimate of drug-likeness (QED) is 0.611. The Morgan fingerprint density at radius 3 is 2.29 bits per heavy atom. The van der Waals surface area contributed by atoms with Crippen LogP contribution < -0.4 is 0 Å². The van der Waals surface area contributed by atoms with E-state index in [9.17, 15) is 8.78 Å². The van der Waals surface area contributed by atoms with Gasteiger partial charge in [-0.1, -0.05) is 12.1 Å². The molecule has 0 bridgehead atoms. The first-order valence-corrected chi connectivity index (χ1v) is 4.10. The second kappa shape index (κ2) is 6.95. The molecule has 0 atom stereocenters. The standard InChI is InChI=1S/C7H6F2.C4H7N/c1-5-2-3-6(8)4-7(5)9;1-3-4-5-2/h2-4H,1H3;3-4H,2H2,1H3/b;4-3-. The molecule has 0 aromatic heterocycles. The van der Waals surface area contributed by atoms with E-state index in [0.717, 1.165) is 6.07 Å². The molecule has 76 valence electrons. The SMILES string of the molecule is C=N/C=C\C.Cc1ccc(F)cc1F. The molecule has 0 unspecified atom stereocenters. The van der Waals surface area contributed by atoms with E-state index in [0.29, 0.717) is 5.56 Å². The maximum Gasteiger partial charge on any atom is 0.129 e. The average molecular weight is 197 g/mol. The molecule has 0 spiro atoms. The molecule has 1 nitrogen and oxygen atoms in total. The summed E-state index contributed by atoms with van der Waals surface area (Å²) in [5.41, 5.74) is 0.469. The lowest BCUT2D eigenvalue weighted by Crippen LogP contribution is -1.81. The molecule has 0 fully saturated rings. The van der Waals surface area contributed by atoms with Gasteiger partial charge in [0.15, 0.2) is 0 Å². The minimum Gasteiger partial charge on any atom is -0.273 e. The van der Waals surface area contributed by atoms with Gasteiger partial charge >= 0.3 is 0 Å². The van der Waals surface area contributed by atoms with E-state index in [1.165, 1.54) is 12.1 Å². The van der Waals surface area contributed by atoms with E-state index in [-0.39, 0.29) is 0 Å². The summed E-state index contributed by atoms with van der Waals surface area (Å²) in [6.45, 7) is 6.70. The molecular weight excluding hydrogens is 184 g/mol. The predicted octanol–water partition coefficient (Wildman–Crippen LogP) is 3.49. The van der Waals surface area contributed by atoms with Crippen LogP contribution >= 0.6 is 0 Å². The molecule has 1 rings (SSSR count). The Balaban J connectivity index is 0.000000292. The number of nitrogens with zero attached hydrogens (tertiary/aromatic N) is 1. The van der Waals surface area contributed by atoms with Crippen LogP contribution in [-0.4, -0.2) is 6.72 Å². The molecule has 14 heavy (non-hydrogen) atoms. The van der Waals surface area contributed by atoms with E-state index in [1.807, 2.05) is 13.0 Å². The zero-order chi connectivity index (χ0) is 11.0. The summed E-state index contributed by atoms with van der Waals surface area (Å²) in [5, 5.41) is 0. The summed E-state index contributed by atoms with van der Waals surface area (Å²) in [6, 6.07) is 3.51. The van der Waals surface area contributed by atoms with Gasteiger partial charge in [0.1, 0.15) is 11.6 Å². The van der Waals surface area contributed by atoms with Gasteiger partial charge in [-0.15, -0.1) is 0 Å². The first kappa shape index (κ1) is 12.5.